The first-order valence-corrected chi connectivity index (χ1v) is 6.43. The molecule has 7 nitrogen and oxygen atoms in total. The number of carbonyl (C=O) groups is 2. The molecule has 0 aliphatic carbocycles. The smallest absolute Gasteiger partial charge is 0.308 e. The molecule has 108 valence electrons. The minimum atomic E-state index is -0.785. The number of carboxylic acid groups (broad SMARTS) is 1. The van der Waals surface area contributed by atoms with Gasteiger partial charge in [-0.25, -0.2) is 0 Å². The molecule has 0 saturated carbocycles. The van der Waals surface area contributed by atoms with Crippen molar-refractivity contribution in [1.82, 2.24) is 15.1 Å². The molecule has 0 radical (unpaired) electrons. The Hall–Kier alpha value is -2.18. The Kier molecular flexibility index (Phi) is 3.87. The Bertz CT molecular complexity index is 515. The Morgan fingerprint density at radius 3 is 2.45 bits per heavy atom. The molecule has 2 atom stereocenters. The van der Waals surface area contributed by atoms with Gasteiger partial charge in [-0.15, -0.1) is 10.2 Å². The van der Waals surface area contributed by atoms with Crippen molar-refractivity contribution in [1.29, 1.82) is 0 Å². The van der Waals surface area contributed by atoms with Gasteiger partial charge in [0.2, 0.25) is 0 Å². The second-order valence-corrected chi connectivity index (χ2v) is 5.30. The highest BCUT2D eigenvalue weighted by molar-refractivity contribution is 5.91. The first kappa shape index (κ1) is 14.2. The van der Waals surface area contributed by atoms with Crippen molar-refractivity contribution in [3.8, 4) is 0 Å². The maximum absolute atomic E-state index is 11.7. The fourth-order valence-electron chi connectivity index (χ4n) is 2.31. The Morgan fingerprint density at radius 1 is 1.30 bits per heavy atom. The largest absolute Gasteiger partial charge is 0.481 e. The summed E-state index contributed by atoms with van der Waals surface area (Å²) in [5.74, 6) is -0.706. The van der Waals surface area contributed by atoms with Gasteiger partial charge in [0.25, 0.3) is 5.91 Å². The number of anilines is 1. The van der Waals surface area contributed by atoms with Crippen molar-refractivity contribution in [3.63, 3.8) is 0 Å². The molecule has 1 aliphatic rings. The molecular weight excluding hydrogens is 260 g/mol. The fraction of sp³-hybridized carbons (Fsp3) is 0.538. The normalized spacial score (nSPS) is 21.9. The fourth-order valence-corrected chi connectivity index (χ4v) is 2.31. The van der Waals surface area contributed by atoms with Gasteiger partial charge in [0.1, 0.15) is 0 Å². The zero-order chi connectivity index (χ0) is 14.9. The number of aliphatic carboxylic acids is 1. The van der Waals surface area contributed by atoms with Crippen LogP contribution in [0.3, 0.4) is 0 Å². The van der Waals surface area contributed by atoms with Gasteiger partial charge in [-0.05, 0) is 18.1 Å². The molecule has 1 N–H and O–H groups in total. The summed E-state index contributed by atoms with van der Waals surface area (Å²) < 4.78 is 0. The second kappa shape index (κ2) is 5.44. The van der Waals surface area contributed by atoms with Gasteiger partial charge in [0.05, 0.1) is 5.92 Å². The van der Waals surface area contributed by atoms with Crippen LogP contribution in [0.1, 0.15) is 17.4 Å². The average molecular weight is 278 g/mol. The maximum atomic E-state index is 11.7. The van der Waals surface area contributed by atoms with Gasteiger partial charge in [-0.3, -0.25) is 9.59 Å². The standard InChI is InChI=1S/C13H18N4O3/c1-8-6-17(7-9(8)13(19)20)11-5-4-10(14-15-11)12(18)16(2)3/h4-5,8-9H,6-7H2,1-3H3,(H,19,20)/t8-,9-/m1/s1. The van der Waals surface area contributed by atoms with Crippen LogP contribution >= 0.6 is 0 Å². The summed E-state index contributed by atoms with van der Waals surface area (Å²) in [6.07, 6.45) is 0. The molecule has 0 unspecified atom stereocenters. The Morgan fingerprint density at radius 2 is 2.00 bits per heavy atom. The SMILES string of the molecule is C[C@@H]1CN(c2ccc(C(=O)N(C)C)nn2)C[C@H]1C(=O)O. The third kappa shape index (κ3) is 2.71. The van der Waals surface area contributed by atoms with E-state index in [0.29, 0.717) is 18.9 Å². The Labute approximate surface area is 117 Å². The van der Waals surface area contributed by atoms with E-state index in [0.717, 1.165) is 0 Å². The number of aromatic nitrogens is 2. The van der Waals surface area contributed by atoms with E-state index in [1.807, 2.05) is 11.8 Å². The molecule has 7 heteroatoms. The molecule has 20 heavy (non-hydrogen) atoms. The molecular formula is C13H18N4O3. The minimum absolute atomic E-state index is 0.0670. The summed E-state index contributed by atoms with van der Waals surface area (Å²) >= 11 is 0. The zero-order valence-corrected chi connectivity index (χ0v) is 11.8. The van der Waals surface area contributed by atoms with Crippen molar-refractivity contribution in [2.24, 2.45) is 11.8 Å². The molecule has 1 aliphatic heterocycles. The summed E-state index contributed by atoms with van der Waals surface area (Å²) in [5, 5.41) is 17.1. The van der Waals surface area contributed by atoms with Gasteiger partial charge in [-0.2, -0.15) is 0 Å². The van der Waals surface area contributed by atoms with Crippen LogP contribution in [-0.4, -0.2) is 59.3 Å². The van der Waals surface area contributed by atoms with E-state index < -0.39 is 5.97 Å². The average Bonchev–Trinajstić information content (AvgIpc) is 2.80. The van der Waals surface area contributed by atoms with Crippen LogP contribution in [0.2, 0.25) is 0 Å². The van der Waals surface area contributed by atoms with Crippen molar-refractivity contribution < 1.29 is 14.7 Å². The first-order valence-electron chi connectivity index (χ1n) is 6.43. The molecule has 1 saturated heterocycles. The van der Waals surface area contributed by atoms with Gasteiger partial charge < -0.3 is 14.9 Å². The summed E-state index contributed by atoms with van der Waals surface area (Å²) in [7, 11) is 3.30. The molecule has 1 aromatic rings. The van der Waals surface area contributed by atoms with Gasteiger partial charge >= 0.3 is 5.97 Å². The van der Waals surface area contributed by atoms with Gasteiger partial charge in [0.15, 0.2) is 11.5 Å². The van der Waals surface area contributed by atoms with Crippen molar-refractivity contribution in [2.45, 2.75) is 6.92 Å². The van der Waals surface area contributed by atoms with E-state index in [9.17, 15) is 9.59 Å². The minimum Gasteiger partial charge on any atom is -0.481 e. The quantitative estimate of drug-likeness (QED) is 0.857. The molecule has 0 aromatic carbocycles. The highest BCUT2D eigenvalue weighted by Crippen LogP contribution is 2.26. The summed E-state index contributed by atoms with van der Waals surface area (Å²) in [5.41, 5.74) is 0.278. The molecule has 0 bridgehead atoms. The predicted molar refractivity (Wildman–Crippen MR) is 72.6 cm³/mol. The van der Waals surface area contributed by atoms with E-state index in [1.165, 1.54) is 4.90 Å². The van der Waals surface area contributed by atoms with Crippen LogP contribution in [0.5, 0.6) is 0 Å². The van der Waals surface area contributed by atoms with Crippen LogP contribution in [0.4, 0.5) is 5.82 Å². The third-order valence-electron chi connectivity index (χ3n) is 3.53. The number of amides is 1. The van der Waals surface area contributed by atoms with Crippen molar-refractivity contribution in [2.75, 3.05) is 32.1 Å². The molecule has 1 aromatic heterocycles. The van der Waals surface area contributed by atoms with Gasteiger partial charge in [-0.1, -0.05) is 6.92 Å². The number of rotatable bonds is 3. The molecule has 1 fully saturated rings. The molecule has 2 heterocycles. The first-order chi connectivity index (χ1) is 9.40. The van der Waals surface area contributed by atoms with Crippen LogP contribution in [0.15, 0.2) is 12.1 Å². The predicted octanol–water partition coefficient (Wildman–Crippen LogP) is 0.335. The maximum Gasteiger partial charge on any atom is 0.308 e. The topological polar surface area (TPSA) is 86.6 Å². The molecule has 1 amide bonds. The van der Waals surface area contributed by atoms with E-state index in [1.54, 1.807) is 26.2 Å². The second-order valence-electron chi connectivity index (χ2n) is 5.30. The number of carbonyl (C=O) groups excluding carboxylic acids is 1. The lowest BCUT2D eigenvalue weighted by Crippen LogP contribution is -2.25. The van der Waals surface area contributed by atoms with Crippen LogP contribution in [-0.2, 0) is 4.79 Å². The zero-order valence-electron chi connectivity index (χ0n) is 11.8. The van der Waals surface area contributed by atoms with Crippen LogP contribution in [0, 0.1) is 11.8 Å². The number of nitrogens with zero attached hydrogens (tertiary/aromatic N) is 4. The molecule has 2 rings (SSSR count). The monoisotopic (exact) mass is 278 g/mol. The number of hydrogen-bond acceptors (Lipinski definition) is 5. The Balaban J connectivity index is 2.12. The third-order valence-corrected chi connectivity index (χ3v) is 3.53. The van der Waals surface area contributed by atoms with Crippen molar-refractivity contribution >= 4 is 17.7 Å². The highest BCUT2D eigenvalue weighted by atomic mass is 16.4. The van der Waals surface area contributed by atoms with Crippen LogP contribution < -0.4 is 4.90 Å². The van der Waals surface area contributed by atoms with Crippen molar-refractivity contribution in [3.05, 3.63) is 17.8 Å². The lowest BCUT2D eigenvalue weighted by Gasteiger charge is -2.16. The molecule has 0 spiro atoms. The van der Waals surface area contributed by atoms with Crippen LogP contribution in [0.25, 0.3) is 0 Å². The lowest BCUT2D eigenvalue weighted by atomic mass is 9.99. The van der Waals surface area contributed by atoms with Gasteiger partial charge in [0, 0.05) is 27.2 Å². The van der Waals surface area contributed by atoms with E-state index >= 15 is 0 Å². The lowest BCUT2D eigenvalue weighted by molar-refractivity contribution is -0.142. The van der Waals surface area contributed by atoms with E-state index in [4.69, 9.17) is 5.11 Å². The number of carboxylic acids is 1. The summed E-state index contributed by atoms with van der Waals surface area (Å²) in [6.45, 7) is 2.97. The summed E-state index contributed by atoms with van der Waals surface area (Å²) in [4.78, 5) is 26.1. The van der Waals surface area contributed by atoms with E-state index in [-0.39, 0.29) is 23.4 Å². The number of hydrogen-bond donors (Lipinski definition) is 1. The van der Waals surface area contributed by atoms with E-state index in [2.05, 4.69) is 10.2 Å². The summed E-state index contributed by atoms with van der Waals surface area (Å²) in [6, 6.07) is 3.32. The highest BCUT2D eigenvalue weighted by Gasteiger charge is 2.35.